The van der Waals surface area contributed by atoms with Crippen LogP contribution in [-0.2, 0) is 14.3 Å². The van der Waals surface area contributed by atoms with Gasteiger partial charge >= 0.3 is 12.1 Å². The van der Waals surface area contributed by atoms with E-state index < -0.39 is 18.1 Å². The smallest absolute Gasteiger partial charge is 0.407 e. The van der Waals surface area contributed by atoms with E-state index in [9.17, 15) is 9.59 Å². The summed E-state index contributed by atoms with van der Waals surface area (Å²) < 4.78 is 9.74. The maximum Gasteiger partial charge on any atom is 0.407 e. The van der Waals surface area contributed by atoms with E-state index in [2.05, 4.69) is 10.1 Å². The Morgan fingerprint density at radius 1 is 1.53 bits per heavy atom. The molecule has 0 spiro atoms. The van der Waals surface area contributed by atoms with E-state index in [1.807, 2.05) is 6.92 Å². The van der Waals surface area contributed by atoms with E-state index in [0.29, 0.717) is 19.4 Å². The predicted molar refractivity (Wildman–Crippen MR) is 65.5 cm³/mol. The second-order valence-corrected chi connectivity index (χ2v) is 3.92. The zero-order chi connectivity index (χ0) is 12.1. The summed E-state index contributed by atoms with van der Waals surface area (Å²) in [6.07, 6.45) is 0.568. The lowest BCUT2D eigenvalue weighted by Crippen LogP contribution is -2.48. The topological polar surface area (TPSA) is 84.9 Å². The van der Waals surface area contributed by atoms with Crippen LogP contribution in [0.15, 0.2) is 0 Å². The van der Waals surface area contributed by atoms with Crippen LogP contribution in [0.5, 0.6) is 0 Å². The first-order valence-electron chi connectivity index (χ1n) is 5.23. The first kappa shape index (κ1) is 16.1. The Morgan fingerprint density at radius 3 is 2.65 bits per heavy atom. The molecule has 1 rings (SSSR count). The lowest BCUT2D eigenvalue weighted by molar-refractivity contribution is -0.142. The minimum Gasteiger partial charge on any atom is -0.480 e. The van der Waals surface area contributed by atoms with E-state index in [4.69, 9.17) is 9.84 Å². The van der Waals surface area contributed by atoms with E-state index in [-0.39, 0.29) is 25.5 Å². The summed E-state index contributed by atoms with van der Waals surface area (Å²) in [5.41, 5.74) is 0. The fourth-order valence-corrected chi connectivity index (χ4v) is 1.90. The van der Waals surface area contributed by atoms with Gasteiger partial charge in [0.25, 0.3) is 0 Å². The highest BCUT2D eigenvalue weighted by Gasteiger charge is 2.33. The number of carbonyl (C=O) groups is 2. The Bertz CT molecular complexity index is 273. The van der Waals surface area contributed by atoms with Gasteiger partial charge in [-0.2, -0.15) is 13.5 Å². The Kier molecular flexibility index (Phi) is 6.98. The van der Waals surface area contributed by atoms with E-state index in [1.165, 1.54) is 7.11 Å². The normalized spacial score (nSPS) is 25.3. The Morgan fingerprint density at radius 2 is 2.18 bits per heavy atom. The Labute approximate surface area is 107 Å². The highest BCUT2D eigenvalue weighted by molar-refractivity contribution is 7.59. The SMILES string of the molecule is COC(=O)NC(C(=O)O)C1CCO[C@@H](C)C1.S. The molecule has 0 bridgehead atoms. The van der Waals surface area contributed by atoms with Crippen LogP contribution in [-0.4, -0.2) is 43.0 Å². The van der Waals surface area contributed by atoms with Gasteiger partial charge < -0.3 is 19.9 Å². The average Bonchev–Trinajstić information content (AvgIpc) is 2.25. The van der Waals surface area contributed by atoms with Crippen molar-refractivity contribution in [1.29, 1.82) is 0 Å². The minimum atomic E-state index is -1.04. The van der Waals surface area contributed by atoms with Gasteiger partial charge in [-0.1, -0.05) is 0 Å². The summed E-state index contributed by atoms with van der Waals surface area (Å²) in [6, 6.07) is -0.904. The fourth-order valence-electron chi connectivity index (χ4n) is 1.90. The van der Waals surface area contributed by atoms with Gasteiger partial charge in [-0.05, 0) is 25.7 Å². The molecule has 0 aromatic rings. The van der Waals surface area contributed by atoms with Crippen LogP contribution in [0.4, 0.5) is 4.79 Å². The van der Waals surface area contributed by atoms with E-state index in [1.54, 1.807) is 0 Å². The second kappa shape index (κ2) is 7.39. The largest absolute Gasteiger partial charge is 0.480 e. The minimum absolute atomic E-state index is 0. The van der Waals surface area contributed by atoms with Gasteiger partial charge in [0.15, 0.2) is 0 Å². The average molecular weight is 265 g/mol. The molecule has 0 aromatic heterocycles. The molecule has 1 aliphatic heterocycles. The van der Waals surface area contributed by atoms with Crippen molar-refractivity contribution in [1.82, 2.24) is 5.32 Å². The molecule has 7 heteroatoms. The third-order valence-electron chi connectivity index (χ3n) is 2.72. The molecule has 2 unspecified atom stereocenters. The van der Waals surface area contributed by atoms with Crippen molar-refractivity contribution in [3.8, 4) is 0 Å². The third-order valence-corrected chi connectivity index (χ3v) is 2.72. The van der Waals surface area contributed by atoms with Crippen LogP contribution in [0.3, 0.4) is 0 Å². The highest BCUT2D eigenvalue weighted by Crippen LogP contribution is 2.23. The van der Waals surface area contributed by atoms with Gasteiger partial charge in [-0.3, -0.25) is 0 Å². The second-order valence-electron chi connectivity index (χ2n) is 3.92. The summed E-state index contributed by atoms with van der Waals surface area (Å²) >= 11 is 0. The molecule has 100 valence electrons. The molecule has 3 atom stereocenters. The first-order valence-corrected chi connectivity index (χ1v) is 5.23. The molecule has 2 N–H and O–H groups in total. The molecule has 0 aliphatic carbocycles. The number of rotatable bonds is 3. The van der Waals surface area contributed by atoms with Crippen molar-refractivity contribution in [2.24, 2.45) is 5.92 Å². The van der Waals surface area contributed by atoms with Crippen molar-refractivity contribution in [3.05, 3.63) is 0 Å². The van der Waals surface area contributed by atoms with Gasteiger partial charge in [-0.15, -0.1) is 0 Å². The zero-order valence-electron chi connectivity index (χ0n) is 9.93. The van der Waals surface area contributed by atoms with Gasteiger partial charge in [-0.25, -0.2) is 9.59 Å². The third kappa shape index (κ3) is 4.82. The highest BCUT2D eigenvalue weighted by atomic mass is 32.1. The fraction of sp³-hybridized carbons (Fsp3) is 0.800. The maximum atomic E-state index is 11.0. The standard InChI is InChI=1S/C10H17NO5.H2S/c1-6-5-7(3-4-16-6)8(9(12)13)11-10(14)15-2;/h6-8H,3-5H2,1-2H3,(H,11,14)(H,12,13);1H2/t6-,7?,8?;/m0./s1. The number of amides is 1. The van der Waals surface area contributed by atoms with Gasteiger partial charge in [0, 0.05) is 6.61 Å². The lowest BCUT2D eigenvalue weighted by Gasteiger charge is -2.31. The van der Waals surface area contributed by atoms with Crippen LogP contribution in [0, 0.1) is 5.92 Å². The lowest BCUT2D eigenvalue weighted by atomic mass is 9.89. The summed E-state index contributed by atoms with van der Waals surface area (Å²) in [7, 11) is 1.21. The molecule has 17 heavy (non-hydrogen) atoms. The molecule has 1 fully saturated rings. The van der Waals surface area contributed by atoms with Crippen LogP contribution in [0.1, 0.15) is 19.8 Å². The van der Waals surface area contributed by atoms with Gasteiger partial charge in [0.05, 0.1) is 13.2 Å². The molecule has 0 saturated carbocycles. The van der Waals surface area contributed by atoms with E-state index in [0.717, 1.165) is 0 Å². The molecule has 0 aromatic carbocycles. The number of hydrogen-bond acceptors (Lipinski definition) is 4. The number of hydrogen-bond donors (Lipinski definition) is 2. The number of alkyl carbamates (subject to hydrolysis) is 1. The van der Waals surface area contributed by atoms with Crippen LogP contribution >= 0.6 is 13.5 Å². The number of methoxy groups -OCH3 is 1. The summed E-state index contributed by atoms with van der Waals surface area (Å²) in [4.78, 5) is 22.1. The van der Waals surface area contributed by atoms with Gasteiger partial charge in [0.1, 0.15) is 6.04 Å². The number of nitrogens with one attached hydrogen (secondary N) is 1. The first-order chi connectivity index (χ1) is 7.54. The molecule has 1 aliphatic rings. The number of aliphatic carboxylic acids is 1. The van der Waals surface area contributed by atoms with Crippen LogP contribution in [0.25, 0.3) is 0 Å². The zero-order valence-corrected chi connectivity index (χ0v) is 10.9. The number of carboxylic acids is 1. The number of ether oxygens (including phenoxy) is 2. The van der Waals surface area contributed by atoms with Crippen molar-refractivity contribution >= 4 is 25.6 Å². The van der Waals surface area contributed by atoms with Gasteiger partial charge in [0.2, 0.25) is 0 Å². The van der Waals surface area contributed by atoms with Crippen LogP contribution < -0.4 is 5.32 Å². The molecule has 1 amide bonds. The van der Waals surface area contributed by atoms with Crippen molar-refractivity contribution in [3.63, 3.8) is 0 Å². The van der Waals surface area contributed by atoms with Crippen molar-refractivity contribution in [2.45, 2.75) is 31.9 Å². The van der Waals surface area contributed by atoms with Crippen LogP contribution in [0.2, 0.25) is 0 Å². The van der Waals surface area contributed by atoms with Crippen molar-refractivity contribution in [2.75, 3.05) is 13.7 Å². The number of carboxylic acid groups (broad SMARTS) is 1. The predicted octanol–water partition coefficient (Wildman–Crippen LogP) is 0.723. The quantitative estimate of drug-likeness (QED) is 0.785. The number of carbonyl (C=O) groups excluding carboxylic acids is 1. The molecular weight excluding hydrogens is 246 g/mol. The summed E-state index contributed by atoms with van der Waals surface area (Å²) in [5, 5.41) is 11.4. The molecular formula is C10H19NO5S. The molecule has 0 radical (unpaired) electrons. The van der Waals surface area contributed by atoms with E-state index >= 15 is 0 Å². The molecule has 6 nitrogen and oxygen atoms in total. The molecule has 1 heterocycles. The molecule has 1 saturated heterocycles. The summed E-state index contributed by atoms with van der Waals surface area (Å²) in [5.74, 6) is -1.15. The summed E-state index contributed by atoms with van der Waals surface area (Å²) in [6.45, 7) is 2.42. The monoisotopic (exact) mass is 265 g/mol. The van der Waals surface area contributed by atoms with Crippen molar-refractivity contribution < 1.29 is 24.2 Å². The Balaban J connectivity index is 0.00000256. The Hall–Kier alpha value is -0.950. The maximum absolute atomic E-state index is 11.0.